The molecule has 2 rings (SSSR count). The van der Waals surface area contributed by atoms with Crippen molar-refractivity contribution >= 4 is 11.8 Å². The fourth-order valence-corrected chi connectivity index (χ4v) is 2.23. The van der Waals surface area contributed by atoms with E-state index in [2.05, 4.69) is 10.6 Å². The Morgan fingerprint density at radius 1 is 1.18 bits per heavy atom. The molecule has 6 nitrogen and oxygen atoms in total. The average Bonchev–Trinajstić information content (AvgIpc) is 2.69. The van der Waals surface area contributed by atoms with Crippen LogP contribution in [0.5, 0.6) is 5.75 Å². The molecule has 0 bridgehead atoms. The summed E-state index contributed by atoms with van der Waals surface area (Å²) in [6.07, 6.45) is -4.55. The minimum Gasteiger partial charge on any atom is -0.483 e. The van der Waals surface area contributed by atoms with Crippen molar-refractivity contribution in [1.82, 2.24) is 10.6 Å². The van der Waals surface area contributed by atoms with E-state index in [1.807, 2.05) is 6.07 Å². The van der Waals surface area contributed by atoms with Crippen molar-refractivity contribution in [2.24, 2.45) is 0 Å². The second kappa shape index (κ2) is 8.90. The van der Waals surface area contributed by atoms with Gasteiger partial charge in [0.15, 0.2) is 6.61 Å². The lowest BCUT2D eigenvalue weighted by Gasteiger charge is -2.13. The van der Waals surface area contributed by atoms with Crippen LogP contribution in [-0.2, 0) is 17.5 Å². The summed E-state index contributed by atoms with van der Waals surface area (Å²) in [7, 11) is 1.44. The van der Waals surface area contributed by atoms with E-state index >= 15 is 0 Å². The molecule has 2 aromatic carbocycles. The fourth-order valence-electron chi connectivity index (χ4n) is 2.23. The van der Waals surface area contributed by atoms with E-state index in [1.165, 1.54) is 31.3 Å². The summed E-state index contributed by atoms with van der Waals surface area (Å²) in [5.74, 6) is -0.874. The Bertz CT molecular complexity index is 921. The molecule has 0 aliphatic rings. The maximum Gasteiger partial charge on any atom is 0.416 e. The first-order valence-electron chi connectivity index (χ1n) is 8.06. The molecule has 146 valence electrons. The van der Waals surface area contributed by atoms with Crippen LogP contribution in [0.1, 0.15) is 27.0 Å². The highest BCUT2D eigenvalue weighted by atomic mass is 19.4. The number of nitrogens with one attached hydrogen (secondary N) is 2. The van der Waals surface area contributed by atoms with Crippen LogP contribution in [0.15, 0.2) is 42.5 Å². The van der Waals surface area contributed by atoms with E-state index in [0.717, 1.165) is 18.2 Å². The molecule has 0 aromatic heterocycles. The Labute approximate surface area is 158 Å². The van der Waals surface area contributed by atoms with Crippen LogP contribution in [0.2, 0.25) is 0 Å². The molecule has 9 heteroatoms. The van der Waals surface area contributed by atoms with Gasteiger partial charge in [-0.05, 0) is 30.3 Å². The molecule has 0 saturated heterocycles. The van der Waals surface area contributed by atoms with Crippen molar-refractivity contribution < 1.29 is 27.5 Å². The molecule has 0 aliphatic heterocycles. The lowest BCUT2D eigenvalue weighted by molar-refractivity contribution is -0.137. The highest BCUT2D eigenvalue weighted by molar-refractivity contribution is 5.94. The maximum atomic E-state index is 12.8. The minimum atomic E-state index is -4.55. The van der Waals surface area contributed by atoms with Crippen LogP contribution in [0.3, 0.4) is 0 Å². The van der Waals surface area contributed by atoms with E-state index in [1.54, 1.807) is 0 Å². The SMILES string of the molecule is CNC(=O)COc1cc(C#N)ccc1CNC(=O)c1cccc(C(F)(F)F)c1. The molecule has 0 heterocycles. The predicted octanol–water partition coefficient (Wildman–Crippen LogP) is 2.63. The van der Waals surface area contributed by atoms with Gasteiger partial charge >= 0.3 is 6.18 Å². The Morgan fingerprint density at radius 2 is 1.93 bits per heavy atom. The zero-order valence-electron chi connectivity index (χ0n) is 14.8. The van der Waals surface area contributed by atoms with Crippen LogP contribution >= 0.6 is 0 Å². The molecule has 0 spiro atoms. The number of hydrogen-bond donors (Lipinski definition) is 2. The standard InChI is InChI=1S/C19H16F3N3O3/c1-24-17(26)11-28-16-7-12(9-23)5-6-14(16)10-25-18(27)13-3-2-4-15(8-13)19(20,21)22/h2-8H,10-11H2,1H3,(H,24,26)(H,25,27). The molecule has 0 saturated carbocycles. The largest absolute Gasteiger partial charge is 0.483 e. The third-order valence-electron chi connectivity index (χ3n) is 3.73. The molecule has 0 fully saturated rings. The topological polar surface area (TPSA) is 91.2 Å². The highest BCUT2D eigenvalue weighted by Crippen LogP contribution is 2.29. The van der Waals surface area contributed by atoms with Gasteiger partial charge in [0.25, 0.3) is 11.8 Å². The third-order valence-corrected chi connectivity index (χ3v) is 3.73. The van der Waals surface area contributed by atoms with Crippen molar-refractivity contribution in [3.8, 4) is 11.8 Å². The van der Waals surface area contributed by atoms with Gasteiger partial charge in [-0.25, -0.2) is 0 Å². The van der Waals surface area contributed by atoms with E-state index in [0.29, 0.717) is 11.1 Å². The second-order valence-corrected chi connectivity index (χ2v) is 5.66. The zero-order valence-corrected chi connectivity index (χ0v) is 14.8. The van der Waals surface area contributed by atoms with Gasteiger partial charge in [-0.1, -0.05) is 12.1 Å². The summed E-state index contributed by atoms with van der Waals surface area (Å²) in [4.78, 5) is 23.6. The van der Waals surface area contributed by atoms with Gasteiger partial charge in [0.2, 0.25) is 0 Å². The van der Waals surface area contributed by atoms with E-state index in [9.17, 15) is 22.8 Å². The number of hydrogen-bond acceptors (Lipinski definition) is 4. The van der Waals surface area contributed by atoms with Gasteiger partial charge < -0.3 is 15.4 Å². The first-order valence-corrected chi connectivity index (χ1v) is 8.06. The van der Waals surface area contributed by atoms with Crippen LogP contribution in [0, 0.1) is 11.3 Å². The molecular weight excluding hydrogens is 375 g/mol. The van der Waals surface area contributed by atoms with Crippen molar-refractivity contribution in [1.29, 1.82) is 5.26 Å². The molecule has 2 amide bonds. The lowest BCUT2D eigenvalue weighted by atomic mass is 10.1. The van der Waals surface area contributed by atoms with Crippen molar-refractivity contribution in [2.45, 2.75) is 12.7 Å². The van der Waals surface area contributed by atoms with Gasteiger partial charge in [0.05, 0.1) is 17.2 Å². The number of nitriles is 1. The van der Waals surface area contributed by atoms with Gasteiger partial charge in [-0.3, -0.25) is 9.59 Å². The van der Waals surface area contributed by atoms with E-state index in [-0.39, 0.29) is 30.4 Å². The first kappa shape index (κ1) is 20.8. The van der Waals surface area contributed by atoms with Crippen molar-refractivity contribution in [2.75, 3.05) is 13.7 Å². The summed E-state index contributed by atoms with van der Waals surface area (Å²) >= 11 is 0. The molecule has 0 atom stereocenters. The number of carbonyl (C=O) groups excluding carboxylic acids is 2. The molecule has 28 heavy (non-hydrogen) atoms. The number of halogens is 3. The highest BCUT2D eigenvalue weighted by Gasteiger charge is 2.30. The smallest absolute Gasteiger partial charge is 0.416 e. The summed E-state index contributed by atoms with van der Waals surface area (Å²) in [6.45, 7) is -0.357. The Hall–Kier alpha value is -3.54. The number of carbonyl (C=O) groups is 2. The van der Waals surface area contributed by atoms with Gasteiger partial charge in [-0.2, -0.15) is 18.4 Å². The monoisotopic (exact) mass is 391 g/mol. The van der Waals surface area contributed by atoms with Crippen LogP contribution in [0.4, 0.5) is 13.2 Å². The molecule has 0 unspecified atom stereocenters. The Morgan fingerprint density at radius 3 is 2.57 bits per heavy atom. The third kappa shape index (κ3) is 5.48. The van der Waals surface area contributed by atoms with Gasteiger partial charge in [-0.15, -0.1) is 0 Å². The summed E-state index contributed by atoms with van der Waals surface area (Å²) in [6, 6.07) is 10.4. The predicted molar refractivity (Wildman–Crippen MR) is 93.3 cm³/mol. The molecule has 2 N–H and O–H groups in total. The van der Waals surface area contributed by atoms with Crippen molar-refractivity contribution in [3.63, 3.8) is 0 Å². The van der Waals surface area contributed by atoms with E-state index < -0.39 is 17.6 Å². The number of ether oxygens (including phenoxy) is 1. The number of rotatable bonds is 6. The zero-order chi connectivity index (χ0) is 20.7. The minimum absolute atomic E-state index is 0.0656. The number of amides is 2. The lowest BCUT2D eigenvalue weighted by Crippen LogP contribution is -2.26. The van der Waals surface area contributed by atoms with Crippen molar-refractivity contribution in [3.05, 3.63) is 64.7 Å². The van der Waals surface area contributed by atoms with E-state index in [4.69, 9.17) is 10.00 Å². The van der Waals surface area contributed by atoms with Crippen LogP contribution < -0.4 is 15.4 Å². The summed E-state index contributed by atoms with van der Waals surface area (Å²) in [5, 5.41) is 13.9. The second-order valence-electron chi connectivity index (χ2n) is 5.66. The molecular formula is C19H16F3N3O3. The van der Waals surface area contributed by atoms with Gasteiger partial charge in [0.1, 0.15) is 5.75 Å². The number of nitrogens with zero attached hydrogens (tertiary/aromatic N) is 1. The number of alkyl halides is 3. The normalized spacial score (nSPS) is 10.7. The van der Waals surface area contributed by atoms with Crippen LogP contribution in [-0.4, -0.2) is 25.5 Å². The molecule has 0 aliphatic carbocycles. The first-order chi connectivity index (χ1) is 13.2. The Balaban J connectivity index is 2.14. The molecule has 2 aromatic rings. The average molecular weight is 391 g/mol. The number of likely N-dealkylation sites (N-methyl/N-ethyl adjacent to an activating group) is 1. The van der Waals surface area contributed by atoms with Crippen LogP contribution in [0.25, 0.3) is 0 Å². The van der Waals surface area contributed by atoms with Gasteiger partial charge in [0, 0.05) is 24.7 Å². The molecule has 0 radical (unpaired) electrons. The fraction of sp³-hybridized carbons (Fsp3) is 0.211. The Kier molecular flexibility index (Phi) is 6.60. The number of benzene rings is 2. The maximum absolute atomic E-state index is 12.8. The summed E-state index contributed by atoms with van der Waals surface area (Å²) < 4.78 is 43.7. The summed E-state index contributed by atoms with van der Waals surface area (Å²) in [5.41, 5.74) is -0.312. The quantitative estimate of drug-likeness (QED) is 0.792.